The number of nitrogens with one attached hydrogen (secondary N) is 1. The molecule has 5 heteroatoms. The predicted octanol–water partition coefficient (Wildman–Crippen LogP) is 4.21. The van der Waals surface area contributed by atoms with Gasteiger partial charge in [-0.2, -0.15) is 13.2 Å². The molecule has 0 amide bonds. The molecule has 0 saturated heterocycles. The predicted molar refractivity (Wildman–Crippen MR) is 76.4 cm³/mol. The lowest BCUT2D eigenvalue weighted by atomic mass is 9.85. The van der Waals surface area contributed by atoms with E-state index in [1.165, 1.54) is 0 Å². The van der Waals surface area contributed by atoms with E-state index in [0.717, 1.165) is 23.3 Å². The molecule has 0 aliphatic heterocycles. The van der Waals surface area contributed by atoms with Crippen molar-refractivity contribution < 1.29 is 17.9 Å². The molecule has 2 nitrogen and oxygen atoms in total. The van der Waals surface area contributed by atoms with Gasteiger partial charge in [0, 0.05) is 12.6 Å². The number of halogens is 3. The lowest BCUT2D eigenvalue weighted by molar-refractivity contribution is -0.183. The van der Waals surface area contributed by atoms with Gasteiger partial charge in [-0.25, -0.2) is 0 Å². The highest BCUT2D eigenvalue weighted by molar-refractivity contribution is 5.36. The third-order valence-electron chi connectivity index (χ3n) is 4.19. The summed E-state index contributed by atoms with van der Waals surface area (Å²) >= 11 is 0. The van der Waals surface area contributed by atoms with Crippen LogP contribution in [0.3, 0.4) is 0 Å². The molecular weight excluding hydrogens is 279 g/mol. The largest absolute Gasteiger partial charge is 0.496 e. The van der Waals surface area contributed by atoms with Crippen molar-refractivity contribution >= 4 is 0 Å². The van der Waals surface area contributed by atoms with Gasteiger partial charge in [0.2, 0.25) is 0 Å². The number of aryl methyl sites for hydroxylation is 1. The fourth-order valence-corrected chi connectivity index (χ4v) is 2.99. The molecule has 118 valence electrons. The Balaban J connectivity index is 1.89. The van der Waals surface area contributed by atoms with E-state index in [2.05, 4.69) is 5.32 Å². The molecule has 1 saturated carbocycles. The molecular formula is C16H22F3NO. The summed E-state index contributed by atoms with van der Waals surface area (Å²) < 4.78 is 43.5. The van der Waals surface area contributed by atoms with E-state index in [9.17, 15) is 13.2 Å². The van der Waals surface area contributed by atoms with Crippen molar-refractivity contribution in [2.24, 2.45) is 5.92 Å². The number of rotatable bonds is 4. The topological polar surface area (TPSA) is 21.3 Å². The monoisotopic (exact) mass is 301 g/mol. The van der Waals surface area contributed by atoms with Crippen LogP contribution in [0.2, 0.25) is 0 Å². The Kier molecular flexibility index (Phi) is 5.14. The highest BCUT2D eigenvalue weighted by atomic mass is 19.4. The first-order valence-electron chi connectivity index (χ1n) is 7.33. The molecule has 1 fully saturated rings. The summed E-state index contributed by atoms with van der Waals surface area (Å²) in [6, 6.07) is 5.80. The normalized spacial score (nSPS) is 23.1. The zero-order chi connectivity index (χ0) is 15.5. The highest BCUT2D eigenvalue weighted by Crippen LogP contribution is 2.37. The maximum atomic E-state index is 12.8. The third kappa shape index (κ3) is 4.37. The molecule has 0 radical (unpaired) electrons. The molecule has 1 aliphatic rings. The molecule has 2 atom stereocenters. The van der Waals surface area contributed by atoms with E-state index >= 15 is 0 Å². The molecule has 0 bridgehead atoms. The molecule has 0 heterocycles. The number of methoxy groups -OCH3 is 1. The van der Waals surface area contributed by atoms with Gasteiger partial charge >= 0.3 is 6.18 Å². The minimum atomic E-state index is -4.06. The van der Waals surface area contributed by atoms with Crippen molar-refractivity contribution in [3.63, 3.8) is 0 Å². The Morgan fingerprint density at radius 2 is 2.05 bits per heavy atom. The maximum Gasteiger partial charge on any atom is 0.391 e. The van der Waals surface area contributed by atoms with Crippen molar-refractivity contribution in [2.45, 2.75) is 51.4 Å². The fraction of sp³-hybridized carbons (Fsp3) is 0.625. The second-order valence-corrected chi connectivity index (χ2v) is 5.79. The van der Waals surface area contributed by atoms with Gasteiger partial charge in [0.25, 0.3) is 0 Å². The van der Waals surface area contributed by atoms with Crippen LogP contribution in [0.4, 0.5) is 13.2 Å². The van der Waals surface area contributed by atoms with Crippen molar-refractivity contribution in [1.29, 1.82) is 0 Å². The first-order valence-corrected chi connectivity index (χ1v) is 7.33. The highest BCUT2D eigenvalue weighted by Gasteiger charge is 2.41. The second kappa shape index (κ2) is 6.69. The molecule has 0 spiro atoms. The molecule has 1 N–H and O–H groups in total. The number of ether oxygens (including phenoxy) is 1. The number of alkyl halides is 3. The summed E-state index contributed by atoms with van der Waals surface area (Å²) in [5.41, 5.74) is 2.11. The summed E-state index contributed by atoms with van der Waals surface area (Å²) in [5.74, 6) is -0.324. The van der Waals surface area contributed by atoms with E-state index in [0.29, 0.717) is 13.0 Å². The Labute approximate surface area is 123 Å². The SMILES string of the molecule is COc1ccc(CNC2CCCC(C(F)(F)F)C2)cc1C. The van der Waals surface area contributed by atoms with Crippen LogP contribution in [0, 0.1) is 12.8 Å². The lowest BCUT2D eigenvalue weighted by Crippen LogP contribution is -2.38. The molecule has 1 aromatic rings. The van der Waals surface area contributed by atoms with Gasteiger partial charge in [-0.05, 0) is 43.4 Å². The zero-order valence-electron chi connectivity index (χ0n) is 12.5. The number of hydrogen-bond donors (Lipinski definition) is 1. The Morgan fingerprint density at radius 3 is 2.67 bits per heavy atom. The minimum Gasteiger partial charge on any atom is -0.496 e. The van der Waals surface area contributed by atoms with Gasteiger partial charge in [-0.3, -0.25) is 0 Å². The van der Waals surface area contributed by atoms with E-state index in [-0.39, 0.29) is 18.9 Å². The van der Waals surface area contributed by atoms with E-state index in [1.807, 2.05) is 25.1 Å². The third-order valence-corrected chi connectivity index (χ3v) is 4.19. The summed E-state index contributed by atoms with van der Waals surface area (Å²) in [6.07, 6.45) is -2.13. The molecule has 0 aromatic heterocycles. The number of benzene rings is 1. The summed E-state index contributed by atoms with van der Waals surface area (Å²) in [4.78, 5) is 0. The minimum absolute atomic E-state index is 0.0483. The maximum absolute atomic E-state index is 12.8. The van der Waals surface area contributed by atoms with Crippen LogP contribution in [0.25, 0.3) is 0 Å². The van der Waals surface area contributed by atoms with Gasteiger partial charge in [0.15, 0.2) is 0 Å². The van der Waals surface area contributed by atoms with Crippen LogP contribution in [0.1, 0.15) is 36.8 Å². The van der Waals surface area contributed by atoms with Gasteiger partial charge in [0.05, 0.1) is 13.0 Å². The van der Waals surface area contributed by atoms with E-state index < -0.39 is 12.1 Å². The molecule has 1 aliphatic carbocycles. The molecule has 2 rings (SSSR count). The molecule has 1 aromatic carbocycles. The number of hydrogen-bond acceptors (Lipinski definition) is 2. The van der Waals surface area contributed by atoms with Crippen LogP contribution >= 0.6 is 0 Å². The fourth-order valence-electron chi connectivity index (χ4n) is 2.99. The van der Waals surface area contributed by atoms with Crippen molar-refractivity contribution in [3.05, 3.63) is 29.3 Å². The van der Waals surface area contributed by atoms with Gasteiger partial charge in [-0.1, -0.05) is 18.6 Å². The van der Waals surface area contributed by atoms with E-state index in [4.69, 9.17) is 4.74 Å². The second-order valence-electron chi connectivity index (χ2n) is 5.79. The summed E-state index contributed by atoms with van der Waals surface area (Å²) in [6.45, 7) is 2.56. The smallest absolute Gasteiger partial charge is 0.391 e. The van der Waals surface area contributed by atoms with Crippen molar-refractivity contribution in [1.82, 2.24) is 5.32 Å². The van der Waals surface area contributed by atoms with E-state index in [1.54, 1.807) is 7.11 Å². The van der Waals surface area contributed by atoms with Crippen LogP contribution in [-0.4, -0.2) is 19.3 Å². The van der Waals surface area contributed by atoms with Crippen LogP contribution < -0.4 is 10.1 Å². The Morgan fingerprint density at radius 1 is 1.29 bits per heavy atom. The quantitative estimate of drug-likeness (QED) is 0.899. The van der Waals surface area contributed by atoms with Crippen molar-refractivity contribution in [2.75, 3.05) is 7.11 Å². The van der Waals surface area contributed by atoms with Crippen LogP contribution in [0.15, 0.2) is 18.2 Å². The summed E-state index contributed by atoms with van der Waals surface area (Å²) in [5, 5.41) is 3.26. The first kappa shape index (κ1) is 16.1. The summed E-state index contributed by atoms with van der Waals surface area (Å²) in [7, 11) is 1.62. The molecule has 21 heavy (non-hydrogen) atoms. The average molecular weight is 301 g/mol. The van der Waals surface area contributed by atoms with Gasteiger partial charge in [-0.15, -0.1) is 0 Å². The zero-order valence-corrected chi connectivity index (χ0v) is 12.5. The average Bonchev–Trinajstić information content (AvgIpc) is 2.45. The Hall–Kier alpha value is -1.23. The lowest BCUT2D eigenvalue weighted by Gasteiger charge is -2.31. The van der Waals surface area contributed by atoms with Crippen molar-refractivity contribution in [3.8, 4) is 5.75 Å². The van der Waals surface area contributed by atoms with Gasteiger partial charge in [0.1, 0.15) is 5.75 Å². The molecule has 2 unspecified atom stereocenters. The first-order chi connectivity index (χ1) is 9.90. The Bertz CT molecular complexity index is 473. The standard InChI is InChI=1S/C16H22F3NO/c1-11-8-12(6-7-15(11)21-2)10-20-14-5-3-4-13(9-14)16(17,18)19/h6-8,13-14,20H,3-5,9-10H2,1-2H3. The van der Waals surface area contributed by atoms with Crippen LogP contribution in [-0.2, 0) is 6.54 Å². The van der Waals surface area contributed by atoms with Crippen LogP contribution in [0.5, 0.6) is 5.75 Å². The van der Waals surface area contributed by atoms with Gasteiger partial charge < -0.3 is 10.1 Å².